The molecule has 0 radical (unpaired) electrons. The van der Waals surface area contributed by atoms with E-state index in [2.05, 4.69) is 35.3 Å². The van der Waals surface area contributed by atoms with Crippen molar-refractivity contribution in [1.82, 2.24) is 15.1 Å². The molecule has 112 valence electrons. The van der Waals surface area contributed by atoms with Crippen LogP contribution in [0, 0.1) is 16.7 Å². The van der Waals surface area contributed by atoms with Crippen molar-refractivity contribution >= 4 is 5.91 Å². The molecule has 1 aliphatic heterocycles. The summed E-state index contributed by atoms with van der Waals surface area (Å²) in [6.45, 7) is 3.71. The third kappa shape index (κ3) is 3.31. The Morgan fingerprint density at radius 3 is 2.65 bits per heavy atom. The van der Waals surface area contributed by atoms with E-state index >= 15 is 0 Å². The van der Waals surface area contributed by atoms with E-state index < -0.39 is 5.41 Å². The molecule has 5 nitrogen and oxygen atoms in total. The summed E-state index contributed by atoms with van der Waals surface area (Å²) >= 11 is 0. The molecular formula is C15H26N4O. The molecular weight excluding hydrogens is 252 g/mol. The van der Waals surface area contributed by atoms with Gasteiger partial charge in [-0.15, -0.1) is 0 Å². The van der Waals surface area contributed by atoms with Crippen LogP contribution in [0.15, 0.2) is 0 Å². The Bertz CT molecular complexity index is 384. The molecule has 0 aromatic heterocycles. The molecule has 1 amide bonds. The van der Waals surface area contributed by atoms with Crippen molar-refractivity contribution in [2.75, 3.05) is 40.3 Å². The van der Waals surface area contributed by atoms with Crippen LogP contribution in [-0.2, 0) is 4.79 Å². The lowest BCUT2D eigenvalue weighted by Gasteiger charge is -2.38. The number of carbonyl (C=O) groups is 1. The van der Waals surface area contributed by atoms with E-state index in [9.17, 15) is 10.1 Å². The number of hydrogen-bond donors (Lipinski definition) is 1. The Labute approximate surface area is 121 Å². The molecule has 2 rings (SSSR count). The molecule has 2 aliphatic rings. The number of piperazine rings is 1. The lowest BCUT2D eigenvalue weighted by molar-refractivity contribution is -0.129. The zero-order valence-electron chi connectivity index (χ0n) is 12.7. The predicted octanol–water partition coefficient (Wildman–Crippen LogP) is 0.822. The van der Waals surface area contributed by atoms with Crippen LogP contribution in [0.25, 0.3) is 0 Å². The number of nitriles is 1. The van der Waals surface area contributed by atoms with E-state index in [0.717, 1.165) is 51.7 Å². The summed E-state index contributed by atoms with van der Waals surface area (Å²) in [6, 6.07) is 2.63. The topological polar surface area (TPSA) is 59.4 Å². The Balaban J connectivity index is 1.89. The fraction of sp³-hybridized carbons (Fsp3) is 0.867. The van der Waals surface area contributed by atoms with Gasteiger partial charge in [0.05, 0.1) is 6.07 Å². The van der Waals surface area contributed by atoms with Gasteiger partial charge in [0.25, 0.3) is 0 Å². The zero-order chi connectivity index (χ0) is 14.6. The zero-order valence-corrected chi connectivity index (χ0v) is 12.7. The summed E-state index contributed by atoms with van der Waals surface area (Å²) in [7, 11) is 4.21. The molecule has 1 atom stereocenters. The number of nitrogens with zero attached hydrogens (tertiary/aromatic N) is 3. The highest BCUT2D eigenvalue weighted by Gasteiger charge is 2.40. The van der Waals surface area contributed by atoms with Crippen molar-refractivity contribution in [2.24, 2.45) is 5.41 Å². The van der Waals surface area contributed by atoms with E-state index in [1.54, 1.807) is 0 Å². The third-order valence-corrected chi connectivity index (χ3v) is 4.83. The average molecular weight is 278 g/mol. The first kappa shape index (κ1) is 15.3. The van der Waals surface area contributed by atoms with E-state index in [4.69, 9.17) is 0 Å². The first-order valence-corrected chi connectivity index (χ1v) is 7.66. The smallest absolute Gasteiger partial charge is 0.240 e. The molecule has 1 aliphatic carbocycles. The average Bonchev–Trinajstić information content (AvgIpc) is 2.48. The number of amides is 1. The van der Waals surface area contributed by atoms with Crippen LogP contribution in [0.1, 0.15) is 32.1 Å². The van der Waals surface area contributed by atoms with Crippen molar-refractivity contribution in [3.05, 3.63) is 0 Å². The molecule has 0 aromatic rings. The Morgan fingerprint density at radius 1 is 1.30 bits per heavy atom. The molecule has 0 spiro atoms. The lowest BCUT2D eigenvalue weighted by Crippen LogP contribution is -2.55. The Kier molecular flexibility index (Phi) is 5.00. The summed E-state index contributed by atoms with van der Waals surface area (Å²) in [6.07, 6.45) is 4.57. The summed E-state index contributed by atoms with van der Waals surface area (Å²) in [5.74, 6) is -0.0543. The molecule has 1 saturated heterocycles. The minimum atomic E-state index is -0.766. The number of hydrogen-bond acceptors (Lipinski definition) is 4. The minimum Gasteiger partial charge on any atom is -0.353 e. The van der Waals surface area contributed by atoms with Crippen molar-refractivity contribution in [3.8, 4) is 6.07 Å². The first-order chi connectivity index (χ1) is 9.57. The van der Waals surface area contributed by atoms with Gasteiger partial charge in [-0.25, -0.2) is 0 Å². The van der Waals surface area contributed by atoms with Crippen LogP contribution in [0.5, 0.6) is 0 Å². The summed E-state index contributed by atoms with van der Waals surface area (Å²) in [5, 5.41) is 12.4. The van der Waals surface area contributed by atoms with Gasteiger partial charge in [0.15, 0.2) is 0 Å². The van der Waals surface area contributed by atoms with Gasteiger partial charge in [0.1, 0.15) is 5.41 Å². The maximum absolute atomic E-state index is 12.4. The van der Waals surface area contributed by atoms with Crippen LogP contribution >= 0.6 is 0 Å². The first-order valence-electron chi connectivity index (χ1n) is 7.66. The molecule has 20 heavy (non-hydrogen) atoms. The number of nitrogens with one attached hydrogen (secondary N) is 1. The van der Waals surface area contributed by atoms with Gasteiger partial charge in [0.2, 0.25) is 5.91 Å². The van der Waals surface area contributed by atoms with Gasteiger partial charge < -0.3 is 10.2 Å². The van der Waals surface area contributed by atoms with Gasteiger partial charge >= 0.3 is 0 Å². The second-order valence-corrected chi connectivity index (χ2v) is 6.36. The summed E-state index contributed by atoms with van der Waals surface area (Å²) < 4.78 is 0. The van der Waals surface area contributed by atoms with Crippen molar-refractivity contribution in [1.29, 1.82) is 5.26 Å². The third-order valence-electron chi connectivity index (χ3n) is 4.83. The maximum Gasteiger partial charge on any atom is 0.240 e. The van der Waals surface area contributed by atoms with E-state index in [0.29, 0.717) is 12.6 Å². The number of likely N-dealkylation sites (N-methyl/N-ethyl adjacent to an activating group) is 2. The lowest BCUT2D eigenvalue weighted by atomic mass is 9.74. The Hall–Kier alpha value is -1.12. The van der Waals surface area contributed by atoms with Crippen LogP contribution in [0.4, 0.5) is 0 Å². The van der Waals surface area contributed by atoms with Crippen LogP contribution in [0.2, 0.25) is 0 Å². The van der Waals surface area contributed by atoms with Gasteiger partial charge in [-0.2, -0.15) is 5.26 Å². The van der Waals surface area contributed by atoms with Crippen molar-refractivity contribution in [2.45, 2.75) is 38.1 Å². The minimum absolute atomic E-state index is 0.0543. The molecule has 1 N–H and O–H groups in total. The van der Waals surface area contributed by atoms with Crippen LogP contribution < -0.4 is 5.32 Å². The standard InChI is InChI=1S/C15H26N4O/c1-18-8-9-19(2)13(11-18)10-17-14(20)15(12-16)6-4-3-5-7-15/h13H,3-11H2,1-2H3,(H,17,20)/t13-/m0/s1. The van der Waals surface area contributed by atoms with Crippen LogP contribution in [-0.4, -0.2) is 62.0 Å². The van der Waals surface area contributed by atoms with E-state index in [1.807, 2.05) is 0 Å². The Morgan fingerprint density at radius 2 is 2.00 bits per heavy atom. The normalized spacial score (nSPS) is 27.8. The fourth-order valence-electron chi connectivity index (χ4n) is 3.25. The van der Waals surface area contributed by atoms with Gasteiger partial charge in [0, 0.05) is 32.2 Å². The fourth-order valence-corrected chi connectivity index (χ4v) is 3.25. The predicted molar refractivity (Wildman–Crippen MR) is 78.1 cm³/mol. The number of rotatable bonds is 3. The molecule has 5 heteroatoms. The maximum atomic E-state index is 12.4. The summed E-state index contributed by atoms with van der Waals surface area (Å²) in [4.78, 5) is 17.0. The van der Waals surface area contributed by atoms with Crippen molar-refractivity contribution < 1.29 is 4.79 Å². The molecule has 0 aromatic carbocycles. The molecule has 1 heterocycles. The highest BCUT2D eigenvalue weighted by molar-refractivity contribution is 5.85. The van der Waals surface area contributed by atoms with E-state index in [1.165, 1.54) is 0 Å². The largest absolute Gasteiger partial charge is 0.353 e. The van der Waals surface area contributed by atoms with Gasteiger partial charge in [-0.05, 0) is 26.9 Å². The highest BCUT2D eigenvalue weighted by atomic mass is 16.2. The SMILES string of the molecule is CN1CCN(C)[C@@H](CNC(=O)C2(C#N)CCCCC2)C1. The quantitative estimate of drug-likeness (QED) is 0.830. The molecule has 0 bridgehead atoms. The second-order valence-electron chi connectivity index (χ2n) is 6.36. The summed E-state index contributed by atoms with van der Waals surface area (Å²) in [5.41, 5.74) is -0.766. The monoisotopic (exact) mass is 278 g/mol. The second kappa shape index (κ2) is 6.55. The van der Waals surface area contributed by atoms with E-state index in [-0.39, 0.29) is 5.91 Å². The molecule has 1 saturated carbocycles. The molecule has 0 unspecified atom stereocenters. The van der Waals surface area contributed by atoms with Crippen LogP contribution in [0.3, 0.4) is 0 Å². The molecule has 2 fully saturated rings. The van der Waals surface area contributed by atoms with Gasteiger partial charge in [-0.3, -0.25) is 9.69 Å². The number of carbonyl (C=O) groups excluding carboxylic acids is 1. The van der Waals surface area contributed by atoms with Gasteiger partial charge in [-0.1, -0.05) is 19.3 Å². The van der Waals surface area contributed by atoms with Crippen molar-refractivity contribution in [3.63, 3.8) is 0 Å². The highest BCUT2D eigenvalue weighted by Crippen LogP contribution is 2.35.